The van der Waals surface area contributed by atoms with Crippen LogP contribution in [0.25, 0.3) is 0 Å². The number of hydrogen-bond acceptors (Lipinski definition) is 6. The fourth-order valence-electron chi connectivity index (χ4n) is 3.89. The number of nitrogens with zero attached hydrogens (tertiary/aromatic N) is 6. The molecule has 8 nitrogen and oxygen atoms in total. The zero-order valence-corrected chi connectivity index (χ0v) is 19.7. The molecule has 0 unspecified atom stereocenters. The quantitative estimate of drug-likeness (QED) is 0.367. The Morgan fingerprint density at radius 1 is 1.10 bits per heavy atom. The van der Waals surface area contributed by atoms with E-state index in [1.807, 2.05) is 31.4 Å². The molecule has 4 rings (SSSR count). The van der Waals surface area contributed by atoms with Crippen molar-refractivity contribution >= 4 is 35.9 Å². The zero-order chi connectivity index (χ0) is 19.9. The van der Waals surface area contributed by atoms with Crippen LogP contribution in [0.15, 0.2) is 41.8 Å². The Balaban J connectivity index is 0.00000256. The molecule has 2 fully saturated rings. The Labute approximate surface area is 195 Å². The molecule has 2 aliphatic rings. The van der Waals surface area contributed by atoms with Gasteiger partial charge in [-0.05, 0) is 43.4 Å². The average molecular weight is 523 g/mol. The number of aromatic nitrogens is 3. The first kappa shape index (κ1) is 22.5. The largest absolute Gasteiger partial charge is 0.474 e. The topological polar surface area (TPSA) is 78.8 Å². The maximum absolute atomic E-state index is 6.02. The lowest BCUT2D eigenvalue weighted by Gasteiger charge is -2.36. The number of ether oxygens (including phenoxy) is 1. The normalized spacial score (nSPS) is 17.6. The number of nitrogens with one attached hydrogen (secondary N) is 1. The number of guanidine groups is 1. The Hall–Kier alpha value is -2.17. The summed E-state index contributed by atoms with van der Waals surface area (Å²) in [6.07, 6.45) is 10.5. The molecule has 1 saturated carbocycles. The molecule has 0 amide bonds. The molecule has 0 aromatic carbocycles. The second-order valence-electron chi connectivity index (χ2n) is 7.45. The number of halogens is 1. The third-order valence-electron chi connectivity index (χ3n) is 5.47. The summed E-state index contributed by atoms with van der Waals surface area (Å²) in [5.41, 5.74) is 1.14. The number of anilines is 1. The van der Waals surface area contributed by atoms with E-state index in [1.165, 1.54) is 12.8 Å². The SMILES string of the molecule is CN=C(NCc1ccnc(OC2CCCC2)c1)N1CCN(c2ncccn2)CC1.I. The van der Waals surface area contributed by atoms with E-state index < -0.39 is 0 Å². The van der Waals surface area contributed by atoms with Crippen molar-refractivity contribution in [2.45, 2.75) is 38.3 Å². The van der Waals surface area contributed by atoms with Gasteiger partial charge in [0.05, 0.1) is 0 Å². The van der Waals surface area contributed by atoms with E-state index in [0.717, 1.165) is 62.4 Å². The highest BCUT2D eigenvalue weighted by atomic mass is 127. The number of pyridine rings is 1. The standard InChI is InChI=1S/C21H29N7O.HI/c1-22-20(27-11-13-28(14-12-27)21-24-8-4-9-25-21)26-16-17-7-10-23-19(15-17)29-18-5-2-3-6-18;/h4,7-10,15,18H,2-3,5-6,11-14,16H2,1H3,(H,22,26);1H. The van der Waals surface area contributed by atoms with Gasteiger partial charge in [0.15, 0.2) is 5.96 Å². The van der Waals surface area contributed by atoms with Crippen LogP contribution >= 0.6 is 24.0 Å². The first-order chi connectivity index (χ1) is 14.3. The van der Waals surface area contributed by atoms with Crippen molar-refractivity contribution in [1.29, 1.82) is 0 Å². The molecule has 1 aliphatic heterocycles. The van der Waals surface area contributed by atoms with Crippen molar-refractivity contribution < 1.29 is 4.74 Å². The van der Waals surface area contributed by atoms with Crippen LogP contribution in [-0.4, -0.2) is 65.1 Å². The van der Waals surface area contributed by atoms with Crippen LogP contribution in [0.4, 0.5) is 5.95 Å². The first-order valence-electron chi connectivity index (χ1n) is 10.4. The number of piperazine rings is 1. The summed E-state index contributed by atoms with van der Waals surface area (Å²) in [5.74, 6) is 2.43. The van der Waals surface area contributed by atoms with Crippen molar-refractivity contribution in [3.63, 3.8) is 0 Å². The molecule has 0 bridgehead atoms. The van der Waals surface area contributed by atoms with E-state index >= 15 is 0 Å². The minimum Gasteiger partial charge on any atom is -0.474 e. The highest BCUT2D eigenvalue weighted by Gasteiger charge is 2.21. The second-order valence-corrected chi connectivity index (χ2v) is 7.45. The van der Waals surface area contributed by atoms with E-state index in [4.69, 9.17) is 4.74 Å². The van der Waals surface area contributed by atoms with Gasteiger partial charge in [0.1, 0.15) is 6.10 Å². The van der Waals surface area contributed by atoms with Gasteiger partial charge in [-0.3, -0.25) is 4.99 Å². The predicted octanol–water partition coefficient (Wildman–Crippen LogP) is 2.71. The molecule has 1 N–H and O–H groups in total. The molecule has 9 heteroatoms. The van der Waals surface area contributed by atoms with E-state index in [9.17, 15) is 0 Å². The molecule has 0 radical (unpaired) electrons. The maximum atomic E-state index is 6.02. The van der Waals surface area contributed by atoms with E-state index in [1.54, 1.807) is 12.4 Å². The molecule has 162 valence electrons. The summed E-state index contributed by atoms with van der Waals surface area (Å²) < 4.78 is 6.02. The lowest BCUT2D eigenvalue weighted by atomic mass is 10.2. The van der Waals surface area contributed by atoms with Crippen LogP contribution in [0.1, 0.15) is 31.2 Å². The first-order valence-corrected chi connectivity index (χ1v) is 10.4. The van der Waals surface area contributed by atoms with E-state index in [0.29, 0.717) is 12.6 Å². The molecular formula is C21H30IN7O. The Bertz CT molecular complexity index is 806. The van der Waals surface area contributed by atoms with Gasteiger partial charge in [-0.1, -0.05) is 0 Å². The Morgan fingerprint density at radius 3 is 2.53 bits per heavy atom. The predicted molar refractivity (Wildman–Crippen MR) is 129 cm³/mol. The highest BCUT2D eigenvalue weighted by molar-refractivity contribution is 14.0. The molecule has 1 aliphatic carbocycles. The minimum absolute atomic E-state index is 0. The monoisotopic (exact) mass is 523 g/mol. The fraction of sp³-hybridized carbons (Fsp3) is 0.524. The Kier molecular flexibility index (Phi) is 8.47. The number of hydrogen-bond donors (Lipinski definition) is 1. The van der Waals surface area contributed by atoms with Crippen LogP contribution in [0, 0.1) is 0 Å². The van der Waals surface area contributed by atoms with Crippen LogP contribution in [0.2, 0.25) is 0 Å². The number of aliphatic imine (C=N–C) groups is 1. The highest BCUT2D eigenvalue weighted by Crippen LogP contribution is 2.23. The summed E-state index contributed by atoms with van der Waals surface area (Å²) in [4.78, 5) is 22.0. The van der Waals surface area contributed by atoms with Gasteiger partial charge in [-0.2, -0.15) is 0 Å². The van der Waals surface area contributed by atoms with Gasteiger partial charge in [0.2, 0.25) is 11.8 Å². The van der Waals surface area contributed by atoms with Gasteiger partial charge in [-0.25, -0.2) is 15.0 Å². The van der Waals surface area contributed by atoms with Crippen molar-refractivity contribution in [3.8, 4) is 5.88 Å². The molecular weight excluding hydrogens is 493 g/mol. The summed E-state index contributed by atoms with van der Waals surface area (Å²) in [6.45, 7) is 4.20. The molecule has 2 aromatic heterocycles. The zero-order valence-electron chi connectivity index (χ0n) is 17.4. The summed E-state index contributed by atoms with van der Waals surface area (Å²) in [7, 11) is 1.83. The van der Waals surface area contributed by atoms with Crippen LogP contribution in [0.5, 0.6) is 5.88 Å². The second kappa shape index (κ2) is 11.3. The van der Waals surface area contributed by atoms with E-state index in [-0.39, 0.29) is 24.0 Å². The molecule has 3 heterocycles. The van der Waals surface area contributed by atoms with Crippen LogP contribution in [-0.2, 0) is 6.54 Å². The summed E-state index contributed by atoms with van der Waals surface area (Å²) in [5, 5.41) is 3.47. The van der Waals surface area contributed by atoms with Crippen molar-refractivity contribution in [1.82, 2.24) is 25.2 Å². The third-order valence-corrected chi connectivity index (χ3v) is 5.47. The van der Waals surface area contributed by atoms with Gasteiger partial charge >= 0.3 is 0 Å². The van der Waals surface area contributed by atoms with Gasteiger partial charge in [0.25, 0.3) is 0 Å². The maximum Gasteiger partial charge on any atom is 0.225 e. The van der Waals surface area contributed by atoms with Crippen molar-refractivity contribution in [2.75, 3.05) is 38.1 Å². The smallest absolute Gasteiger partial charge is 0.225 e. The lowest BCUT2D eigenvalue weighted by molar-refractivity contribution is 0.201. The third kappa shape index (κ3) is 5.93. The lowest BCUT2D eigenvalue weighted by Crippen LogP contribution is -2.52. The average Bonchev–Trinajstić information content (AvgIpc) is 3.29. The summed E-state index contributed by atoms with van der Waals surface area (Å²) in [6, 6.07) is 5.89. The van der Waals surface area contributed by atoms with Gasteiger partial charge in [0, 0.05) is 64.4 Å². The van der Waals surface area contributed by atoms with Crippen molar-refractivity contribution in [2.24, 2.45) is 4.99 Å². The fourth-order valence-corrected chi connectivity index (χ4v) is 3.89. The Morgan fingerprint density at radius 2 is 1.83 bits per heavy atom. The molecule has 30 heavy (non-hydrogen) atoms. The molecule has 1 saturated heterocycles. The summed E-state index contributed by atoms with van der Waals surface area (Å²) >= 11 is 0. The van der Waals surface area contributed by atoms with Crippen LogP contribution in [0.3, 0.4) is 0 Å². The molecule has 2 aromatic rings. The molecule has 0 spiro atoms. The van der Waals surface area contributed by atoms with Gasteiger partial charge < -0.3 is 19.9 Å². The number of rotatable bonds is 5. The molecule has 0 atom stereocenters. The van der Waals surface area contributed by atoms with Crippen LogP contribution < -0.4 is 15.0 Å². The van der Waals surface area contributed by atoms with Crippen molar-refractivity contribution in [3.05, 3.63) is 42.4 Å². The minimum atomic E-state index is 0. The van der Waals surface area contributed by atoms with E-state index in [2.05, 4.69) is 35.1 Å². The van der Waals surface area contributed by atoms with Gasteiger partial charge in [-0.15, -0.1) is 24.0 Å².